The summed E-state index contributed by atoms with van der Waals surface area (Å²) in [6, 6.07) is 10.3. The second kappa shape index (κ2) is 7.92. The number of nitriles is 1. The number of ether oxygens (including phenoxy) is 1. The highest BCUT2D eigenvalue weighted by Gasteiger charge is 2.16. The molecule has 1 heterocycles. The Bertz CT molecular complexity index is 743. The number of hydrogen-bond acceptors (Lipinski definition) is 5. The van der Waals surface area contributed by atoms with Gasteiger partial charge in [0.1, 0.15) is 0 Å². The molecule has 0 fully saturated rings. The van der Waals surface area contributed by atoms with Gasteiger partial charge >= 0.3 is 5.97 Å². The molecule has 1 atom stereocenters. The van der Waals surface area contributed by atoms with Crippen LogP contribution in [0.5, 0.6) is 0 Å². The molecule has 0 saturated heterocycles. The first-order chi connectivity index (χ1) is 11.1. The maximum absolute atomic E-state index is 12.0. The zero-order valence-corrected chi connectivity index (χ0v) is 13.2. The summed E-state index contributed by atoms with van der Waals surface area (Å²) in [5.41, 5.74) is 1.94. The number of hydrogen-bond donors (Lipinski definition) is 1. The van der Waals surface area contributed by atoms with E-state index in [9.17, 15) is 9.59 Å². The Morgan fingerprint density at radius 3 is 2.65 bits per heavy atom. The second-order valence-corrected chi connectivity index (χ2v) is 5.43. The highest BCUT2D eigenvalue weighted by atomic mass is 32.1. The summed E-state index contributed by atoms with van der Waals surface area (Å²) in [4.78, 5) is 23.6. The van der Waals surface area contributed by atoms with Crippen LogP contribution in [0.3, 0.4) is 0 Å². The van der Waals surface area contributed by atoms with Crippen molar-refractivity contribution in [2.75, 3.05) is 5.32 Å². The van der Waals surface area contributed by atoms with Gasteiger partial charge in [-0.2, -0.15) is 16.6 Å². The predicted molar refractivity (Wildman–Crippen MR) is 88.7 cm³/mol. The Kier molecular flexibility index (Phi) is 5.67. The van der Waals surface area contributed by atoms with Gasteiger partial charge in [-0.1, -0.05) is 0 Å². The first-order valence-electron chi connectivity index (χ1n) is 6.80. The van der Waals surface area contributed by atoms with E-state index < -0.39 is 18.0 Å². The average Bonchev–Trinajstić information content (AvgIpc) is 3.07. The molecule has 1 amide bonds. The number of nitrogens with zero attached hydrogens (tertiary/aromatic N) is 1. The number of carbonyl (C=O) groups excluding carboxylic acids is 2. The molecule has 6 heteroatoms. The largest absolute Gasteiger partial charge is 0.449 e. The Labute approximate surface area is 137 Å². The number of amides is 1. The average molecular weight is 326 g/mol. The molecular weight excluding hydrogens is 312 g/mol. The molecule has 1 aromatic carbocycles. The number of nitrogens with one attached hydrogen (secondary N) is 1. The number of benzene rings is 1. The highest BCUT2D eigenvalue weighted by molar-refractivity contribution is 7.08. The SMILES string of the molecule is C[C@@H](OC(=O)/C=C/c1ccsc1)C(=O)Nc1ccc(C#N)cc1. The smallest absolute Gasteiger partial charge is 0.331 e. The van der Waals surface area contributed by atoms with E-state index in [1.807, 2.05) is 22.9 Å². The van der Waals surface area contributed by atoms with Gasteiger partial charge in [-0.25, -0.2) is 4.79 Å². The predicted octanol–water partition coefficient (Wildman–Crippen LogP) is 3.20. The zero-order chi connectivity index (χ0) is 16.7. The van der Waals surface area contributed by atoms with E-state index in [4.69, 9.17) is 10.00 Å². The monoisotopic (exact) mass is 326 g/mol. The van der Waals surface area contributed by atoms with Crippen LogP contribution in [0.15, 0.2) is 47.2 Å². The number of carbonyl (C=O) groups is 2. The topological polar surface area (TPSA) is 79.2 Å². The molecule has 0 aliphatic heterocycles. The van der Waals surface area contributed by atoms with Crippen LogP contribution in [0.1, 0.15) is 18.1 Å². The third-order valence-electron chi connectivity index (χ3n) is 2.90. The number of rotatable bonds is 5. The van der Waals surface area contributed by atoms with Gasteiger partial charge in [0, 0.05) is 11.8 Å². The van der Waals surface area contributed by atoms with Gasteiger partial charge in [0.15, 0.2) is 6.10 Å². The Hall–Kier alpha value is -2.91. The fraction of sp³-hybridized carbons (Fsp3) is 0.118. The lowest BCUT2D eigenvalue weighted by atomic mass is 10.2. The van der Waals surface area contributed by atoms with Crippen molar-refractivity contribution in [3.63, 3.8) is 0 Å². The molecule has 1 N–H and O–H groups in total. The van der Waals surface area contributed by atoms with Crippen molar-refractivity contribution in [3.05, 3.63) is 58.3 Å². The third-order valence-corrected chi connectivity index (χ3v) is 3.60. The number of thiophene rings is 1. The third kappa shape index (κ3) is 5.09. The van der Waals surface area contributed by atoms with Gasteiger partial charge in [0.2, 0.25) is 0 Å². The Morgan fingerprint density at radius 1 is 1.30 bits per heavy atom. The van der Waals surface area contributed by atoms with E-state index >= 15 is 0 Å². The first-order valence-corrected chi connectivity index (χ1v) is 7.74. The molecule has 0 bridgehead atoms. The van der Waals surface area contributed by atoms with Crippen LogP contribution in [0.2, 0.25) is 0 Å². The molecule has 0 unspecified atom stereocenters. The summed E-state index contributed by atoms with van der Waals surface area (Å²) in [6.07, 6.45) is 1.99. The standard InChI is InChI=1S/C17H14N2O3S/c1-12(22-16(20)7-4-14-8-9-23-11-14)17(21)19-15-5-2-13(10-18)3-6-15/h2-9,11-12H,1H3,(H,19,21)/b7-4+/t12-/m1/s1. The van der Waals surface area contributed by atoms with Gasteiger partial charge < -0.3 is 10.1 Å². The number of anilines is 1. The van der Waals surface area contributed by atoms with Crippen molar-refractivity contribution in [1.82, 2.24) is 0 Å². The highest BCUT2D eigenvalue weighted by Crippen LogP contribution is 2.10. The molecule has 0 aliphatic rings. The van der Waals surface area contributed by atoms with Crippen LogP contribution in [0.25, 0.3) is 6.08 Å². The van der Waals surface area contributed by atoms with E-state index in [0.717, 1.165) is 5.56 Å². The maximum atomic E-state index is 12.0. The molecule has 2 aromatic rings. The zero-order valence-electron chi connectivity index (χ0n) is 12.4. The molecular formula is C17H14N2O3S. The van der Waals surface area contributed by atoms with E-state index in [-0.39, 0.29) is 0 Å². The molecule has 0 aliphatic carbocycles. The summed E-state index contributed by atoms with van der Waals surface area (Å²) in [7, 11) is 0. The van der Waals surface area contributed by atoms with Crippen molar-refractivity contribution >= 4 is 35.0 Å². The molecule has 0 radical (unpaired) electrons. The Morgan fingerprint density at radius 2 is 2.04 bits per heavy atom. The van der Waals surface area contributed by atoms with E-state index in [0.29, 0.717) is 11.3 Å². The fourth-order valence-corrected chi connectivity index (χ4v) is 2.30. The van der Waals surface area contributed by atoms with Crippen molar-refractivity contribution < 1.29 is 14.3 Å². The lowest BCUT2D eigenvalue weighted by molar-refractivity contribution is -0.148. The fourth-order valence-electron chi connectivity index (χ4n) is 1.67. The molecule has 116 valence electrons. The summed E-state index contributed by atoms with van der Waals surface area (Å²) in [5.74, 6) is -1.02. The van der Waals surface area contributed by atoms with Gasteiger partial charge in [-0.3, -0.25) is 4.79 Å². The van der Waals surface area contributed by atoms with Crippen LogP contribution in [0, 0.1) is 11.3 Å². The minimum atomic E-state index is -0.926. The van der Waals surface area contributed by atoms with Crippen LogP contribution >= 0.6 is 11.3 Å². The summed E-state index contributed by atoms with van der Waals surface area (Å²) in [5, 5.41) is 15.1. The molecule has 0 spiro atoms. The van der Waals surface area contributed by atoms with Gasteiger partial charge in [-0.15, -0.1) is 0 Å². The quantitative estimate of drug-likeness (QED) is 0.676. The molecule has 23 heavy (non-hydrogen) atoms. The van der Waals surface area contributed by atoms with Crippen molar-refractivity contribution in [2.45, 2.75) is 13.0 Å². The molecule has 2 rings (SSSR count). The molecule has 1 aromatic heterocycles. The van der Waals surface area contributed by atoms with Gasteiger partial charge in [0.05, 0.1) is 11.6 Å². The van der Waals surface area contributed by atoms with Crippen molar-refractivity contribution in [1.29, 1.82) is 5.26 Å². The Balaban J connectivity index is 1.86. The summed E-state index contributed by atoms with van der Waals surface area (Å²) in [6.45, 7) is 1.50. The van der Waals surface area contributed by atoms with Crippen LogP contribution in [0.4, 0.5) is 5.69 Å². The maximum Gasteiger partial charge on any atom is 0.331 e. The van der Waals surface area contributed by atoms with E-state index in [1.165, 1.54) is 24.3 Å². The summed E-state index contributed by atoms with van der Waals surface area (Å²) < 4.78 is 5.04. The van der Waals surface area contributed by atoms with E-state index in [1.54, 1.807) is 30.3 Å². The normalized spacial score (nSPS) is 11.7. The second-order valence-electron chi connectivity index (χ2n) is 4.65. The van der Waals surface area contributed by atoms with Crippen molar-refractivity contribution in [3.8, 4) is 6.07 Å². The number of esters is 1. The van der Waals surface area contributed by atoms with E-state index in [2.05, 4.69) is 5.32 Å². The molecule has 5 nitrogen and oxygen atoms in total. The minimum absolute atomic E-state index is 0.438. The first kappa shape index (κ1) is 16.5. The van der Waals surface area contributed by atoms with Crippen LogP contribution < -0.4 is 5.32 Å². The van der Waals surface area contributed by atoms with Crippen molar-refractivity contribution in [2.24, 2.45) is 0 Å². The lowest BCUT2D eigenvalue weighted by Crippen LogP contribution is -2.29. The summed E-state index contributed by atoms with van der Waals surface area (Å²) >= 11 is 1.53. The van der Waals surface area contributed by atoms with Gasteiger partial charge in [-0.05, 0) is 59.7 Å². The van der Waals surface area contributed by atoms with Crippen LogP contribution in [-0.2, 0) is 14.3 Å². The van der Waals surface area contributed by atoms with Gasteiger partial charge in [0.25, 0.3) is 5.91 Å². The molecule has 0 saturated carbocycles. The minimum Gasteiger partial charge on any atom is -0.449 e. The van der Waals surface area contributed by atoms with Crippen LogP contribution in [-0.4, -0.2) is 18.0 Å². The lowest BCUT2D eigenvalue weighted by Gasteiger charge is -2.12.